The molecule has 3 rings (SSSR count). The molecule has 0 aliphatic heterocycles. The third kappa shape index (κ3) is 5.07. The minimum Gasteiger partial charge on any atom is -0.467 e. The van der Waals surface area contributed by atoms with Gasteiger partial charge in [-0.25, -0.2) is 0 Å². The molecule has 0 bridgehead atoms. The van der Waals surface area contributed by atoms with Crippen LogP contribution in [-0.4, -0.2) is 16.7 Å². The average Bonchev–Trinajstić information content (AvgIpc) is 3.23. The molecule has 2 amide bonds. The van der Waals surface area contributed by atoms with Gasteiger partial charge in [0.15, 0.2) is 0 Å². The second kappa shape index (κ2) is 8.83. The fourth-order valence-electron chi connectivity index (χ4n) is 2.79. The van der Waals surface area contributed by atoms with Gasteiger partial charge in [-0.1, -0.05) is 12.1 Å². The molecule has 1 heterocycles. The summed E-state index contributed by atoms with van der Waals surface area (Å²) in [5, 5.41) is 16.4. The molecular weight excluding hydrogens is 374 g/mol. The van der Waals surface area contributed by atoms with E-state index in [1.165, 1.54) is 24.5 Å². The molecule has 3 aromatic rings. The molecule has 0 aliphatic carbocycles. The van der Waals surface area contributed by atoms with Crippen LogP contribution in [-0.2, 0) is 13.1 Å². The Hall–Kier alpha value is -3.94. The second-order valence-electron chi connectivity index (χ2n) is 6.40. The van der Waals surface area contributed by atoms with E-state index in [1.807, 2.05) is 0 Å². The van der Waals surface area contributed by atoms with Crippen LogP contribution in [0.25, 0.3) is 0 Å². The summed E-state index contributed by atoms with van der Waals surface area (Å²) in [7, 11) is 0. The molecule has 0 saturated heterocycles. The van der Waals surface area contributed by atoms with E-state index < -0.39 is 4.92 Å². The largest absolute Gasteiger partial charge is 0.467 e. The number of carbonyl (C=O) groups is 2. The van der Waals surface area contributed by atoms with Crippen LogP contribution in [0.15, 0.2) is 65.3 Å². The topological polar surface area (TPSA) is 114 Å². The van der Waals surface area contributed by atoms with Gasteiger partial charge in [0.25, 0.3) is 17.5 Å². The van der Waals surface area contributed by atoms with E-state index in [-0.39, 0.29) is 30.6 Å². The first kappa shape index (κ1) is 19.8. The third-order valence-corrected chi connectivity index (χ3v) is 4.30. The van der Waals surface area contributed by atoms with Gasteiger partial charge in [0.2, 0.25) is 0 Å². The van der Waals surface area contributed by atoms with Gasteiger partial charge in [-0.3, -0.25) is 19.7 Å². The molecule has 29 heavy (non-hydrogen) atoms. The van der Waals surface area contributed by atoms with Crippen LogP contribution in [0.2, 0.25) is 0 Å². The maximum Gasteiger partial charge on any atom is 0.272 e. The summed E-state index contributed by atoms with van der Waals surface area (Å²) < 4.78 is 5.18. The fourth-order valence-corrected chi connectivity index (χ4v) is 2.79. The summed E-state index contributed by atoms with van der Waals surface area (Å²) in [6, 6.07) is 14.6. The van der Waals surface area contributed by atoms with Crippen LogP contribution in [0.3, 0.4) is 0 Å². The number of rotatable bonds is 7. The summed E-state index contributed by atoms with van der Waals surface area (Å²) in [4.78, 5) is 35.0. The number of hydrogen-bond donors (Lipinski definition) is 2. The average molecular weight is 393 g/mol. The predicted octanol–water partition coefficient (Wildman–Crippen LogP) is 3.36. The Labute approximate surface area is 166 Å². The van der Waals surface area contributed by atoms with Crippen molar-refractivity contribution in [2.45, 2.75) is 20.0 Å². The van der Waals surface area contributed by atoms with Crippen molar-refractivity contribution in [3.63, 3.8) is 0 Å². The van der Waals surface area contributed by atoms with E-state index >= 15 is 0 Å². The molecule has 0 atom stereocenters. The van der Waals surface area contributed by atoms with Crippen LogP contribution in [0.4, 0.5) is 5.69 Å². The van der Waals surface area contributed by atoms with Gasteiger partial charge in [0.05, 0.1) is 17.7 Å². The zero-order chi connectivity index (χ0) is 20.8. The smallest absolute Gasteiger partial charge is 0.272 e. The molecule has 0 aliphatic rings. The summed E-state index contributed by atoms with van der Waals surface area (Å²) in [5.74, 6) is 0.0522. The van der Waals surface area contributed by atoms with Crippen LogP contribution in [0.1, 0.15) is 37.6 Å². The molecule has 0 unspecified atom stereocenters. The van der Waals surface area contributed by atoms with Gasteiger partial charge in [-0.15, -0.1) is 0 Å². The minimum atomic E-state index is -0.487. The molecule has 8 nitrogen and oxygen atoms in total. The predicted molar refractivity (Wildman–Crippen MR) is 105 cm³/mol. The molecule has 2 N–H and O–H groups in total. The van der Waals surface area contributed by atoms with Crippen molar-refractivity contribution in [2.24, 2.45) is 0 Å². The Morgan fingerprint density at radius 2 is 1.69 bits per heavy atom. The molecule has 2 aromatic carbocycles. The highest BCUT2D eigenvalue weighted by molar-refractivity contribution is 5.95. The first-order chi connectivity index (χ1) is 13.9. The van der Waals surface area contributed by atoms with Crippen molar-refractivity contribution in [3.8, 4) is 0 Å². The number of nitro groups is 1. The number of benzene rings is 2. The van der Waals surface area contributed by atoms with Gasteiger partial charge < -0.3 is 15.1 Å². The first-order valence-corrected chi connectivity index (χ1v) is 8.87. The lowest BCUT2D eigenvalue weighted by molar-refractivity contribution is -0.385. The van der Waals surface area contributed by atoms with E-state index in [1.54, 1.807) is 43.3 Å². The summed E-state index contributed by atoms with van der Waals surface area (Å²) in [6.07, 6.45) is 1.54. The number of nitrogens with zero attached hydrogens (tertiary/aromatic N) is 1. The molecule has 0 radical (unpaired) electrons. The highest BCUT2D eigenvalue weighted by Crippen LogP contribution is 2.18. The normalized spacial score (nSPS) is 10.4. The number of amides is 2. The highest BCUT2D eigenvalue weighted by atomic mass is 16.6. The van der Waals surface area contributed by atoms with Gasteiger partial charge in [-0.05, 0) is 48.9 Å². The van der Waals surface area contributed by atoms with Crippen molar-refractivity contribution in [1.82, 2.24) is 10.6 Å². The molecule has 0 saturated carbocycles. The minimum absolute atomic E-state index is 0.0326. The lowest BCUT2D eigenvalue weighted by Gasteiger charge is -2.08. The maximum absolute atomic E-state index is 12.3. The highest BCUT2D eigenvalue weighted by Gasteiger charge is 2.14. The Bertz CT molecular complexity index is 1040. The molecule has 8 heteroatoms. The number of nitro benzene ring substituents is 1. The standard InChI is InChI=1S/C21H19N3O5/c1-14-10-17(7-8-19(14)24(27)28)21(26)22-12-15-4-2-5-16(11-15)20(25)23-13-18-6-3-9-29-18/h2-11H,12-13H2,1H3,(H,22,26)(H,23,25). The second-order valence-corrected chi connectivity index (χ2v) is 6.40. The summed E-state index contributed by atoms with van der Waals surface area (Å²) >= 11 is 0. The summed E-state index contributed by atoms with van der Waals surface area (Å²) in [5.41, 5.74) is 1.94. The fraction of sp³-hybridized carbons (Fsp3) is 0.143. The lowest BCUT2D eigenvalue weighted by Crippen LogP contribution is -2.24. The van der Waals surface area contributed by atoms with Crippen molar-refractivity contribution < 1.29 is 18.9 Å². The van der Waals surface area contributed by atoms with Gasteiger partial charge in [-0.2, -0.15) is 0 Å². The number of carbonyl (C=O) groups excluding carboxylic acids is 2. The summed E-state index contributed by atoms with van der Waals surface area (Å²) in [6.45, 7) is 2.08. The Kier molecular flexibility index (Phi) is 6.03. The van der Waals surface area contributed by atoms with Crippen LogP contribution >= 0.6 is 0 Å². The molecule has 148 valence electrons. The van der Waals surface area contributed by atoms with E-state index in [0.29, 0.717) is 22.5 Å². The van der Waals surface area contributed by atoms with Crippen molar-refractivity contribution in [1.29, 1.82) is 0 Å². The lowest BCUT2D eigenvalue weighted by atomic mass is 10.1. The van der Waals surface area contributed by atoms with Crippen LogP contribution in [0, 0.1) is 17.0 Å². The van der Waals surface area contributed by atoms with Gasteiger partial charge in [0.1, 0.15) is 5.76 Å². The van der Waals surface area contributed by atoms with E-state index in [4.69, 9.17) is 4.42 Å². The number of furan rings is 1. The van der Waals surface area contributed by atoms with E-state index in [0.717, 1.165) is 5.56 Å². The van der Waals surface area contributed by atoms with Crippen molar-refractivity contribution in [2.75, 3.05) is 0 Å². The van der Waals surface area contributed by atoms with E-state index in [2.05, 4.69) is 10.6 Å². The Morgan fingerprint density at radius 3 is 2.34 bits per heavy atom. The van der Waals surface area contributed by atoms with Crippen molar-refractivity contribution >= 4 is 17.5 Å². The number of aryl methyl sites for hydroxylation is 1. The maximum atomic E-state index is 12.3. The van der Waals surface area contributed by atoms with Crippen LogP contribution < -0.4 is 10.6 Å². The Balaban J connectivity index is 1.60. The van der Waals surface area contributed by atoms with E-state index in [9.17, 15) is 19.7 Å². The van der Waals surface area contributed by atoms with Gasteiger partial charge >= 0.3 is 0 Å². The zero-order valence-electron chi connectivity index (χ0n) is 15.7. The van der Waals surface area contributed by atoms with Gasteiger partial charge in [0, 0.05) is 29.3 Å². The van der Waals surface area contributed by atoms with Crippen molar-refractivity contribution in [3.05, 3.63) is 99.0 Å². The molecule has 0 spiro atoms. The monoisotopic (exact) mass is 393 g/mol. The SMILES string of the molecule is Cc1cc(C(=O)NCc2cccc(C(=O)NCc3ccco3)c2)ccc1[N+](=O)[O-]. The molecular formula is C21H19N3O5. The number of nitrogens with one attached hydrogen (secondary N) is 2. The number of hydrogen-bond acceptors (Lipinski definition) is 5. The quantitative estimate of drug-likeness (QED) is 0.472. The zero-order valence-corrected chi connectivity index (χ0v) is 15.7. The third-order valence-electron chi connectivity index (χ3n) is 4.30. The Morgan fingerprint density at radius 1 is 0.966 bits per heavy atom. The molecule has 0 fully saturated rings. The van der Waals surface area contributed by atoms with Crippen LogP contribution in [0.5, 0.6) is 0 Å². The first-order valence-electron chi connectivity index (χ1n) is 8.87. The molecule has 1 aromatic heterocycles.